The van der Waals surface area contributed by atoms with E-state index >= 15 is 0 Å². The number of ether oxygens (including phenoxy) is 1. The molecule has 1 aliphatic heterocycles. The van der Waals surface area contributed by atoms with Crippen molar-refractivity contribution in [3.8, 4) is 11.1 Å². The number of morpholine rings is 1. The second-order valence-corrected chi connectivity index (χ2v) is 7.95. The predicted octanol–water partition coefficient (Wildman–Crippen LogP) is 4.50. The van der Waals surface area contributed by atoms with E-state index in [-0.39, 0.29) is 0 Å². The Labute approximate surface area is 187 Å². The molecule has 0 atom stereocenters. The summed E-state index contributed by atoms with van der Waals surface area (Å²) in [5.74, 6) is 1.41. The van der Waals surface area contributed by atoms with Gasteiger partial charge < -0.3 is 20.4 Å². The summed E-state index contributed by atoms with van der Waals surface area (Å²) >= 11 is 0. The van der Waals surface area contributed by atoms with Gasteiger partial charge in [0.15, 0.2) is 0 Å². The fraction of sp³-hybridized carbons (Fsp3) is 0.280. The maximum Gasteiger partial charge on any atom is 0.229 e. The SMILES string of the molecule is c1cc(Nc2nccc(NCCCN3CCOCC3)n2)cc(-c2c[nH]c3ccccc23)c1. The molecular weight excluding hydrogens is 400 g/mol. The van der Waals surface area contributed by atoms with Crippen molar-refractivity contribution >= 4 is 28.4 Å². The summed E-state index contributed by atoms with van der Waals surface area (Å²) in [6.07, 6.45) is 4.91. The maximum atomic E-state index is 5.40. The summed E-state index contributed by atoms with van der Waals surface area (Å²) in [6.45, 7) is 5.70. The van der Waals surface area contributed by atoms with Crippen LogP contribution in [-0.2, 0) is 4.74 Å². The fourth-order valence-corrected chi connectivity index (χ4v) is 4.07. The molecule has 0 aliphatic carbocycles. The highest BCUT2D eigenvalue weighted by Crippen LogP contribution is 2.30. The molecule has 4 aromatic rings. The van der Waals surface area contributed by atoms with E-state index in [1.165, 1.54) is 10.9 Å². The molecule has 3 N–H and O–H groups in total. The van der Waals surface area contributed by atoms with Crippen LogP contribution in [0.4, 0.5) is 17.5 Å². The first-order valence-corrected chi connectivity index (χ1v) is 11.2. The van der Waals surface area contributed by atoms with E-state index in [9.17, 15) is 0 Å². The Hall–Kier alpha value is -3.42. The summed E-state index contributed by atoms with van der Waals surface area (Å²) in [7, 11) is 0. The highest BCUT2D eigenvalue weighted by molar-refractivity contribution is 5.96. The minimum absolute atomic E-state index is 0.583. The van der Waals surface area contributed by atoms with Gasteiger partial charge in [-0.2, -0.15) is 4.98 Å². The molecule has 0 spiro atoms. The van der Waals surface area contributed by atoms with Crippen LogP contribution in [0.15, 0.2) is 67.0 Å². The molecule has 7 heteroatoms. The molecule has 0 bridgehead atoms. The van der Waals surface area contributed by atoms with Crippen molar-refractivity contribution in [3.05, 3.63) is 67.0 Å². The minimum atomic E-state index is 0.583. The first kappa shape index (κ1) is 20.5. The lowest BCUT2D eigenvalue weighted by Crippen LogP contribution is -2.37. The van der Waals surface area contributed by atoms with Crippen molar-refractivity contribution in [2.45, 2.75) is 6.42 Å². The molecule has 1 fully saturated rings. The van der Waals surface area contributed by atoms with E-state index in [4.69, 9.17) is 4.74 Å². The van der Waals surface area contributed by atoms with Gasteiger partial charge in [0, 0.05) is 54.2 Å². The average Bonchev–Trinajstić information content (AvgIpc) is 3.27. The highest BCUT2D eigenvalue weighted by atomic mass is 16.5. The molecule has 1 aliphatic rings. The van der Waals surface area contributed by atoms with E-state index in [0.717, 1.165) is 68.4 Å². The fourth-order valence-electron chi connectivity index (χ4n) is 4.07. The predicted molar refractivity (Wildman–Crippen MR) is 129 cm³/mol. The van der Waals surface area contributed by atoms with E-state index in [1.54, 1.807) is 6.20 Å². The number of aromatic nitrogens is 3. The maximum absolute atomic E-state index is 5.40. The summed E-state index contributed by atoms with van der Waals surface area (Å²) in [5.41, 5.74) is 4.42. The molecule has 2 aromatic carbocycles. The second-order valence-electron chi connectivity index (χ2n) is 7.95. The number of hydrogen-bond acceptors (Lipinski definition) is 6. The number of benzene rings is 2. The lowest BCUT2D eigenvalue weighted by molar-refractivity contribution is 0.0378. The van der Waals surface area contributed by atoms with E-state index < -0.39 is 0 Å². The quantitative estimate of drug-likeness (QED) is 0.359. The summed E-state index contributed by atoms with van der Waals surface area (Å²) in [6, 6.07) is 18.6. The number of rotatable bonds is 8. The van der Waals surface area contributed by atoms with Gasteiger partial charge in [0.1, 0.15) is 5.82 Å². The number of H-pyrrole nitrogens is 1. The van der Waals surface area contributed by atoms with Gasteiger partial charge in [0.25, 0.3) is 0 Å². The molecule has 7 nitrogen and oxygen atoms in total. The van der Waals surface area contributed by atoms with Crippen LogP contribution in [0, 0.1) is 0 Å². The van der Waals surface area contributed by atoms with Crippen molar-refractivity contribution in [2.75, 3.05) is 50.0 Å². The van der Waals surface area contributed by atoms with E-state index in [1.807, 2.05) is 24.3 Å². The molecule has 2 aromatic heterocycles. The molecule has 5 rings (SSSR count). The third kappa shape index (κ3) is 4.90. The van der Waals surface area contributed by atoms with Crippen molar-refractivity contribution in [3.63, 3.8) is 0 Å². The van der Waals surface area contributed by atoms with Gasteiger partial charge in [-0.3, -0.25) is 4.90 Å². The normalized spacial score (nSPS) is 14.5. The molecule has 32 heavy (non-hydrogen) atoms. The number of fused-ring (bicyclic) bond motifs is 1. The number of hydrogen-bond donors (Lipinski definition) is 3. The average molecular weight is 429 g/mol. The first-order chi connectivity index (χ1) is 15.8. The number of nitrogens with one attached hydrogen (secondary N) is 3. The molecule has 3 heterocycles. The Morgan fingerprint density at radius 1 is 1.03 bits per heavy atom. The van der Waals surface area contributed by atoms with Crippen LogP contribution >= 0.6 is 0 Å². The van der Waals surface area contributed by atoms with Crippen LogP contribution in [0.2, 0.25) is 0 Å². The van der Waals surface area contributed by atoms with Gasteiger partial charge >= 0.3 is 0 Å². The summed E-state index contributed by atoms with van der Waals surface area (Å²) < 4.78 is 5.40. The molecule has 164 valence electrons. The van der Waals surface area contributed by atoms with E-state index in [0.29, 0.717) is 5.95 Å². The Morgan fingerprint density at radius 2 is 1.94 bits per heavy atom. The van der Waals surface area contributed by atoms with Gasteiger partial charge in [-0.15, -0.1) is 0 Å². The van der Waals surface area contributed by atoms with Crippen molar-refractivity contribution in [2.24, 2.45) is 0 Å². The zero-order chi connectivity index (χ0) is 21.6. The van der Waals surface area contributed by atoms with Crippen molar-refractivity contribution in [1.82, 2.24) is 19.9 Å². The number of para-hydroxylation sites is 1. The van der Waals surface area contributed by atoms with Crippen molar-refractivity contribution in [1.29, 1.82) is 0 Å². The van der Waals surface area contributed by atoms with Gasteiger partial charge in [-0.1, -0.05) is 30.3 Å². The molecule has 0 unspecified atom stereocenters. The third-order valence-corrected chi connectivity index (χ3v) is 5.74. The highest BCUT2D eigenvalue weighted by Gasteiger charge is 2.10. The Balaban J connectivity index is 1.21. The molecule has 0 amide bonds. The first-order valence-electron chi connectivity index (χ1n) is 11.2. The number of anilines is 3. The minimum Gasteiger partial charge on any atom is -0.379 e. The largest absolute Gasteiger partial charge is 0.379 e. The lowest BCUT2D eigenvalue weighted by Gasteiger charge is -2.26. The number of nitrogens with zero attached hydrogens (tertiary/aromatic N) is 3. The zero-order valence-corrected chi connectivity index (χ0v) is 18.1. The molecule has 1 saturated heterocycles. The van der Waals surface area contributed by atoms with Gasteiger partial charge in [0.2, 0.25) is 5.95 Å². The second kappa shape index (κ2) is 9.80. The van der Waals surface area contributed by atoms with Crippen LogP contribution in [0.25, 0.3) is 22.0 Å². The molecular formula is C25H28N6O. The van der Waals surface area contributed by atoms with Gasteiger partial charge in [0.05, 0.1) is 13.2 Å². The summed E-state index contributed by atoms with van der Waals surface area (Å²) in [4.78, 5) is 14.8. The van der Waals surface area contributed by atoms with Gasteiger partial charge in [-0.25, -0.2) is 4.98 Å². The monoisotopic (exact) mass is 428 g/mol. The van der Waals surface area contributed by atoms with Crippen molar-refractivity contribution < 1.29 is 4.74 Å². The summed E-state index contributed by atoms with van der Waals surface area (Å²) in [5, 5.41) is 7.97. The Bertz CT molecular complexity index is 1170. The van der Waals surface area contributed by atoms with Crippen LogP contribution in [-0.4, -0.2) is 59.2 Å². The third-order valence-electron chi connectivity index (χ3n) is 5.74. The van der Waals surface area contributed by atoms with Crippen LogP contribution < -0.4 is 10.6 Å². The smallest absolute Gasteiger partial charge is 0.229 e. The number of aromatic amines is 1. The Kier molecular flexibility index (Phi) is 6.28. The van der Waals surface area contributed by atoms with Crippen LogP contribution in [0.3, 0.4) is 0 Å². The van der Waals surface area contributed by atoms with Crippen LogP contribution in [0.5, 0.6) is 0 Å². The Morgan fingerprint density at radius 3 is 2.88 bits per heavy atom. The van der Waals surface area contributed by atoms with E-state index in [2.05, 4.69) is 67.0 Å². The lowest BCUT2D eigenvalue weighted by atomic mass is 10.0. The standard InChI is InChI=1S/C25H28N6O/c1-2-8-23-21(7-1)22(18-28-23)19-5-3-6-20(17-19)29-25-27-11-9-24(30-25)26-10-4-12-31-13-15-32-16-14-31/h1-3,5-9,11,17-18,28H,4,10,12-16H2,(H2,26,27,29,30). The van der Waals surface area contributed by atoms with Gasteiger partial charge in [-0.05, 0) is 42.8 Å². The topological polar surface area (TPSA) is 78.1 Å². The molecule has 0 saturated carbocycles. The zero-order valence-electron chi connectivity index (χ0n) is 18.1. The van der Waals surface area contributed by atoms with Crippen LogP contribution in [0.1, 0.15) is 6.42 Å². The molecule has 0 radical (unpaired) electrons.